The molecular formula is C20H13ClF2N4O2. The van der Waals surface area contributed by atoms with Crippen molar-refractivity contribution in [2.24, 2.45) is 0 Å². The zero-order chi connectivity index (χ0) is 20.4. The van der Waals surface area contributed by atoms with E-state index in [1.54, 1.807) is 47.2 Å². The van der Waals surface area contributed by atoms with Gasteiger partial charge in [-0.15, -0.1) is 0 Å². The molecule has 2 aromatic heterocycles. The molecule has 0 saturated heterocycles. The van der Waals surface area contributed by atoms with Crippen molar-refractivity contribution in [2.75, 3.05) is 5.32 Å². The maximum absolute atomic E-state index is 13.7. The topological polar surface area (TPSA) is 73.0 Å². The number of carbonyl (C=O) groups is 1. The Morgan fingerprint density at radius 2 is 1.93 bits per heavy atom. The molecule has 4 aromatic rings. The molecule has 0 aliphatic rings. The number of hydrogen-bond donors (Lipinski definition) is 1. The fourth-order valence-electron chi connectivity index (χ4n) is 2.73. The SMILES string of the molecule is O=C(Cn1cccc1-c1nc(-c2ccc(Cl)cc2)no1)Nc1ccc(F)cc1F. The molecule has 29 heavy (non-hydrogen) atoms. The average Bonchev–Trinajstić information content (AvgIpc) is 3.34. The van der Waals surface area contributed by atoms with Crippen molar-refractivity contribution in [3.05, 3.63) is 77.5 Å². The zero-order valence-corrected chi connectivity index (χ0v) is 15.5. The first-order valence-corrected chi connectivity index (χ1v) is 8.87. The number of hydrogen-bond acceptors (Lipinski definition) is 4. The van der Waals surface area contributed by atoms with E-state index in [4.69, 9.17) is 16.1 Å². The van der Waals surface area contributed by atoms with E-state index in [0.717, 1.165) is 17.7 Å². The number of halogens is 3. The van der Waals surface area contributed by atoms with E-state index in [0.29, 0.717) is 22.6 Å². The first kappa shape index (κ1) is 18.8. The molecule has 0 unspecified atom stereocenters. The standard InChI is InChI=1S/C20H13ClF2N4O2/c21-13-5-3-12(4-6-13)19-25-20(29-26-19)17-2-1-9-27(17)11-18(28)24-16-8-7-14(22)10-15(16)23/h1-10H,11H2,(H,24,28). The number of benzene rings is 2. The number of rotatable bonds is 5. The van der Waals surface area contributed by atoms with Crippen molar-refractivity contribution in [3.63, 3.8) is 0 Å². The fourth-order valence-corrected chi connectivity index (χ4v) is 2.85. The van der Waals surface area contributed by atoms with E-state index in [-0.39, 0.29) is 18.1 Å². The molecular weight excluding hydrogens is 402 g/mol. The molecule has 0 bridgehead atoms. The van der Waals surface area contributed by atoms with Gasteiger partial charge in [-0.3, -0.25) is 4.79 Å². The molecule has 0 spiro atoms. The number of carbonyl (C=O) groups excluding carboxylic acids is 1. The van der Waals surface area contributed by atoms with Gasteiger partial charge in [0.15, 0.2) is 0 Å². The Labute approximate surface area is 168 Å². The van der Waals surface area contributed by atoms with Gasteiger partial charge in [-0.25, -0.2) is 8.78 Å². The lowest BCUT2D eigenvalue weighted by Crippen LogP contribution is -2.19. The zero-order valence-electron chi connectivity index (χ0n) is 14.8. The Hall–Kier alpha value is -3.52. The molecule has 6 nitrogen and oxygen atoms in total. The van der Waals surface area contributed by atoms with E-state index >= 15 is 0 Å². The summed E-state index contributed by atoms with van der Waals surface area (Å²) in [6.45, 7) is -0.127. The summed E-state index contributed by atoms with van der Waals surface area (Å²) in [5.74, 6) is -1.47. The van der Waals surface area contributed by atoms with E-state index < -0.39 is 17.5 Å². The highest BCUT2D eigenvalue weighted by atomic mass is 35.5. The maximum Gasteiger partial charge on any atom is 0.274 e. The Bertz CT molecular complexity index is 1170. The van der Waals surface area contributed by atoms with E-state index in [1.165, 1.54) is 0 Å². The van der Waals surface area contributed by atoms with E-state index in [9.17, 15) is 13.6 Å². The van der Waals surface area contributed by atoms with Crippen LogP contribution in [0.25, 0.3) is 23.0 Å². The van der Waals surface area contributed by atoms with Crippen LogP contribution in [0.2, 0.25) is 5.02 Å². The molecule has 1 amide bonds. The summed E-state index contributed by atoms with van der Waals surface area (Å²) in [4.78, 5) is 16.6. The van der Waals surface area contributed by atoms with Gasteiger partial charge >= 0.3 is 0 Å². The molecule has 146 valence electrons. The van der Waals surface area contributed by atoms with Crippen molar-refractivity contribution in [3.8, 4) is 23.0 Å². The minimum atomic E-state index is -0.851. The van der Waals surface area contributed by atoms with Crippen LogP contribution in [0, 0.1) is 11.6 Å². The average molecular weight is 415 g/mol. The van der Waals surface area contributed by atoms with Crippen molar-refractivity contribution in [1.29, 1.82) is 0 Å². The third-order valence-corrected chi connectivity index (χ3v) is 4.35. The van der Waals surface area contributed by atoms with Crippen LogP contribution in [-0.4, -0.2) is 20.6 Å². The van der Waals surface area contributed by atoms with Gasteiger partial charge in [0, 0.05) is 22.8 Å². The number of aromatic nitrogens is 3. The largest absolute Gasteiger partial charge is 0.334 e. The second-order valence-electron chi connectivity index (χ2n) is 6.12. The third-order valence-electron chi connectivity index (χ3n) is 4.10. The van der Waals surface area contributed by atoms with Crippen LogP contribution in [0.15, 0.2) is 65.3 Å². The number of nitrogens with one attached hydrogen (secondary N) is 1. The van der Waals surface area contributed by atoms with Gasteiger partial charge < -0.3 is 14.4 Å². The normalized spacial score (nSPS) is 10.9. The van der Waals surface area contributed by atoms with Gasteiger partial charge in [0.05, 0.1) is 5.69 Å². The van der Waals surface area contributed by atoms with Crippen molar-refractivity contribution >= 4 is 23.2 Å². The van der Waals surface area contributed by atoms with Gasteiger partial charge in [0.1, 0.15) is 23.9 Å². The molecule has 0 aliphatic heterocycles. The highest BCUT2D eigenvalue weighted by molar-refractivity contribution is 6.30. The summed E-state index contributed by atoms with van der Waals surface area (Å²) in [5, 5.41) is 6.95. The molecule has 9 heteroatoms. The van der Waals surface area contributed by atoms with Crippen LogP contribution in [0.3, 0.4) is 0 Å². The van der Waals surface area contributed by atoms with Crippen LogP contribution in [0.1, 0.15) is 0 Å². The maximum atomic E-state index is 13.7. The molecule has 0 saturated carbocycles. The summed E-state index contributed by atoms with van der Waals surface area (Å²) in [5.41, 5.74) is 1.15. The minimum Gasteiger partial charge on any atom is -0.334 e. The third kappa shape index (κ3) is 4.17. The lowest BCUT2D eigenvalue weighted by atomic mass is 10.2. The Morgan fingerprint density at radius 3 is 2.69 bits per heavy atom. The number of nitrogens with zero attached hydrogens (tertiary/aromatic N) is 3. The molecule has 0 fully saturated rings. The quantitative estimate of drug-likeness (QED) is 0.510. The van der Waals surface area contributed by atoms with Crippen LogP contribution < -0.4 is 5.32 Å². The monoisotopic (exact) mass is 414 g/mol. The lowest BCUT2D eigenvalue weighted by molar-refractivity contribution is -0.116. The second-order valence-corrected chi connectivity index (χ2v) is 6.56. The Morgan fingerprint density at radius 1 is 1.14 bits per heavy atom. The number of anilines is 1. The summed E-state index contributed by atoms with van der Waals surface area (Å²) in [6, 6.07) is 13.3. The van der Waals surface area contributed by atoms with Crippen molar-refractivity contribution in [1.82, 2.24) is 14.7 Å². The fraction of sp³-hybridized carbons (Fsp3) is 0.0500. The van der Waals surface area contributed by atoms with E-state index in [2.05, 4.69) is 15.5 Å². The molecule has 4 rings (SSSR count). The summed E-state index contributed by atoms with van der Waals surface area (Å²) in [6.07, 6.45) is 1.65. The summed E-state index contributed by atoms with van der Waals surface area (Å²) < 4.78 is 33.6. The molecule has 0 aliphatic carbocycles. The van der Waals surface area contributed by atoms with Gasteiger partial charge in [-0.1, -0.05) is 16.8 Å². The number of amides is 1. The van der Waals surface area contributed by atoms with Gasteiger partial charge in [0.2, 0.25) is 11.7 Å². The van der Waals surface area contributed by atoms with Gasteiger partial charge in [-0.05, 0) is 48.5 Å². The van der Waals surface area contributed by atoms with Gasteiger partial charge in [-0.2, -0.15) is 4.98 Å². The Kier molecular flexibility index (Phi) is 5.09. The molecule has 2 aromatic carbocycles. The van der Waals surface area contributed by atoms with Gasteiger partial charge in [0.25, 0.3) is 5.89 Å². The molecule has 2 heterocycles. The van der Waals surface area contributed by atoms with Crippen LogP contribution >= 0.6 is 11.6 Å². The van der Waals surface area contributed by atoms with Crippen LogP contribution in [0.4, 0.5) is 14.5 Å². The van der Waals surface area contributed by atoms with Crippen molar-refractivity contribution < 1.29 is 18.1 Å². The molecule has 1 N–H and O–H groups in total. The highest BCUT2D eigenvalue weighted by Crippen LogP contribution is 2.24. The van der Waals surface area contributed by atoms with E-state index in [1.807, 2.05) is 0 Å². The molecule has 0 atom stereocenters. The smallest absolute Gasteiger partial charge is 0.274 e. The first-order valence-electron chi connectivity index (χ1n) is 8.49. The predicted molar refractivity (Wildman–Crippen MR) is 103 cm³/mol. The second kappa shape index (κ2) is 7.84. The predicted octanol–water partition coefficient (Wildman–Crippen LogP) is 4.78. The van der Waals surface area contributed by atoms with Crippen LogP contribution in [0.5, 0.6) is 0 Å². The minimum absolute atomic E-state index is 0.104. The summed E-state index contributed by atoms with van der Waals surface area (Å²) in [7, 11) is 0. The summed E-state index contributed by atoms with van der Waals surface area (Å²) >= 11 is 5.88. The molecule has 0 radical (unpaired) electrons. The van der Waals surface area contributed by atoms with Crippen molar-refractivity contribution in [2.45, 2.75) is 6.54 Å². The highest BCUT2D eigenvalue weighted by Gasteiger charge is 2.16. The first-order chi connectivity index (χ1) is 14.0. The van der Waals surface area contributed by atoms with Crippen LogP contribution in [-0.2, 0) is 11.3 Å². The lowest BCUT2D eigenvalue weighted by Gasteiger charge is -2.09. The Balaban J connectivity index is 1.51.